The molecule has 7 aromatic rings. The van der Waals surface area contributed by atoms with Gasteiger partial charge in [0.2, 0.25) is 29.5 Å². The van der Waals surface area contributed by atoms with Gasteiger partial charge in [-0.3, -0.25) is 33.7 Å². The maximum absolute atomic E-state index is 15.0. The summed E-state index contributed by atoms with van der Waals surface area (Å²) >= 11 is 0. The number of methoxy groups -OCH3 is 3. The molecule has 141 heavy (non-hydrogen) atoms. The molecular formula is C102H139N19O20. The Labute approximate surface area is 822 Å². The van der Waals surface area contributed by atoms with Gasteiger partial charge in [0.25, 0.3) is 23.6 Å². The number of ketones is 2. The first-order valence-corrected chi connectivity index (χ1v) is 49.6. The first kappa shape index (κ1) is 105. The molecular weight excluding hydrogens is 1810 g/mol. The molecule has 762 valence electrons. The molecule has 2 aromatic carbocycles. The number of piperazine rings is 2. The monoisotopic (exact) mass is 1950 g/mol. The molecule has 14 rings (SSSR count). The van der Waals surface area contributed by atoms with E-state index in [1.807, 2.05) is 95.7 Å². The Kier molecular flexibility index (Phi) is 36.8. The number of hydrogen-bond acceptors (Lipinski definition) is 33. The highest BCUT2D eigenvalue weighted by Gasteiger charge is 2.54. The number of nitrogen functional groups attached to an aromatic ring is 2. The van der Waals surface area contributed by atoms with E-state index in [4.69, 9.17) is 58.9 Å². The molecule has 1 saturated carbocycles. The van der Waals surface area contributed by atoms with Gasteiger partial charge in [-0.1, -0.05) is 89.3 Å². The largest absolute Gasteiger partial charge is 0.460 e. The number of allylic oxidation sites excluding steroid dienone is 5. The van der Waals surface area contributed by atoms with Crippen LogP contribution in [0.2, 0.25) is 0 Å². The minimum atomic E-state index is -2.48. The van der Waals surface area contributed by atoms with E-state index in [9.17, 15) is 53.7 Å². The maximum atomic E-state index is 15.0. The number of anilines is 4. The normalized spacial score (nSPS) is 26.8. The number of fused-ring (bicyclic) bond motifs is 6. The second-order valence-electron chi connectivity index (χ2n) is 38.7. The highest BCUT2D eigenvalue weighted by Crippen LogP contribution is 2.41. The smallest absolute Gasteiger partial charge is 0.407 e. The topological polar surface area (TPSA) is 488 Å². The summed E-state index contributed by atoms with van der Waals surface area (Å²) in [6, 6.07) is 10.7. The molecule has 0 spiro atoms. The summed E-state index contributed by atoms with van der Waals surface area (Å²) in [7, 11) is 4.67. The molecule has 7 aliphatic rings. The molecule has 16 atom stereocenters. The Balaban J connectivity index is 0.469. The summed E-state index contributed by atoms with van der Waals surface area (Å²) in [5, 5.41) is 46.4. The molecule has 0 radical (unpaired) electrons. The van der Waals surface area contributed by atoms with Crippen LogP contribution < -0.4 is 31.9 Å². The van der Waals surface area contributed by atoms with E-state index in [1.54, 1.807) is 59.5 Å². The number of rotatable bonds is 27. The van der Waals surface area contributed by atoms with E-state index >= 15 is 0 Å². The van der Waals surface area contributed by atoms with E-state index in [0.717, 1.165) is 40.9 Å². The van der Waals surface area contributed by atoms with E-state index in [-0.39, 0.29) is 106 Å². The number of nitrogens with one attached hydrogen (secondary N) is 2. The summed E-state index contributed by atoms with van der Waals surface area (Å²) in [4.78, 5) is 154. The second kappa shape index (κ2) is 49.4. The maximum Gasteiger partial charge on any atom is 0.407 e. The number of ether oxygens (including phenoxy) is 8. The average molecular weight is 1950 g/mol. The van der Waals surface area contributed by atoms with Crippen molar-refractivity contribution in [1.29, 1.82) is 0 Å². The summed E-state index contributed by atoms with van der Waals surface area (Å²) < 4.78 is 56.0. The number of esters is 1. The predicted molar refractivity (Wildman–Crippen MR) is 524 cm³/mol. The number of aliphatic hydroxyl groups is 3. The number of nitrogens with zero attached hydrogens (tertiary/aromatic N) is 15. The lowest BCUT2D eigenvalue weighted by molar-refractivity contribution is -0.265. The van der Waals surface area contributed by atoms with E-state index in [2.05, 4.69) is 67.5 Å². The van der Waals surface area contributed by atoms with Gasteiger partial charge >= 0.3 is 12.1 Å². The van der Waals surface area contributed by atoms with Crippen molar-refractivity contribution in [3.8, 4) is 11.3 Å². The Morgan fingerprint density at radius 1 is 0.674 bits per heavy atom. The molecule has 5 amide bonds. The fourth-order valence-corrected chi connectivity index (χ4v) is 20.2. The van der Waals surface area contributed by atoms with Crippen LogP contribution in [0.5, 0.6) is 0 Å². The number of amides is 5. The van der Waals surface area contributed by atoms with E-state index in [0.29, 0.717) is 205 Å². The Morgan fingerprint density at radius 2 is 1.39 bits per heavy atom. The fourth-order valence-electron chi connectivity index (χ4n) is 20.2. The minimum absolute atomic E-state index is 0.00447. The highest BCUT2D eigenvalue weighted by atomic mass is 16.6. The third-order valence-electron chi connectivity index (χ3n) is 28.7. The van der Waals surface area contributed by atoms with Crippen LogP contribution in [0.3, 0.4) is 0 Å². The molecule has 4 saturated heterocycles. The van der Waals surface area contributed by atoms with Gasteiger partial charge < -0.3 is 104 Å². The van der Waals surface area contributed by atoms with Gasteiger partial charge in [0.1, 0.15) is 53.8 Å². The van der Waals surface area contributed by atoms with Crippen LogP contribution in [0, 0.1) is 35.5 Å². The Morgan fingerprint density at radius 3 is 2.12 bits per heavy atom. The van der Waals surface area contributed by atoms with Gasteiger partial charge in [-0.15, -0.1) is 0 Å². The van der Waals surface area contributed by atoms with Crippen LogP contribution in [0.15, 0.2) is 120 Å². The number of hydrogen-bond donors (Lipinski definition) is 7. The number of oxazole rings is 1. The zero-order valence-electron chi connectivity index (χ0n) is 82.7. The van der Waals surface area contributed by atoms with Crippen LogP contribution >= 0.6 is 0 Å². The van der Waals surface area contributed by atoms with Crippen LogP contribution in [0.1, 0.15) is 171 Å². The summed E-state index contributed by atoms with van der Waals surface area (Å²) in [5.41, 5.74) is 20.8. The third kappa shape index (κ3) is 27.0. The number of Topliss-reactive ketones (excluding diaryl/α,β-unsaturated/α-hetero) is 2. The Hall–Kier alpha value is -11.7. The number of piperidine rings is 1. The second-order valence-corrected chi connectivity index (χ2v) is 38.7. The summed E-state index contributed by atoms with van der Waals surface area (Å²) in [6.45, 7) is 21.5. The molecule has 2 bridgehead atoms. The minimum Gasteiger partial charge on any atom is -0.460 e. The molecule has 1 aliphatic carbocycles. The lowest BCUT2D eigenvalue weighted by atomic mass is 9.78. The van der Waals surface area contributed by atoms with Crippen LogP contribution in [-0.2, 0) is 92.7 Å². The molecule has 5 fully saturated rings. The molecule has 0 unspecified atom stereocenters. The predicted octanol–water partition coefficient (Wildman–Crippen LogP) is 8.25. The SMILES string of the molecule is CO[C@H]1C[C@@H]2CC[C@@H](C)[C@@](O)(O2)C(=O)C(=O)N2CCCC[C@H]2C(=O)O[C@H]([C@H](C)C[C@@H]2CC[C@@H](OC(=O)NCc3cnc(N4CCN(C(=O)CCOCCN5CCN(c6ncc(C(=O)NCCOCCC(=O)N7CCc8cc(Cn9nc(-c%10ccc%11oc(N)nc%11c%10)c%10c(N)ncnc%109)ccc8C7)cn6)CC5)CC4)nc3)[C@H](OC)C2)C[C@@H](OC)[C@H](C)/C=C(\C)[C@@H](O)[C@@H](O)C(=O)[C@H](C)C[C@H](C)/C=C/C=CC=C1C. The zero-order chi connectivity index (χ0) is 100. The molecule has 5 aromatic heterocycles. The van der Waals surface area contributed by atoms with Crippen molar-refractivity contribution in [3.05, 3.63) is 143 Å². The first-order chi connectivity index (χ1) is 67.9. The zero-order valence-corrected chi connectivity index (χ0v) is 82.7. The lowest BCUT2D eigenvalue weighted by Crippen LogP contribution is -2.61. The van der Waals surface area contributed by atoms with Crippen molar-refractivity contribution in [2.75, 3.05) is 148 Å². The van der Waals surface area contributed by atoms with Crippen molar-refractivity contribution in [2.24, 2.45) is 35.5 Å². The number of aromatic nitrogens is 9. The van der Waals surface area contributed by atoms with Gasteiger partial charge in [-0.2, -0.15) is 10.1 Å². The van der Waals surface area contributed by atoms with Crippen molar-refractivity contribution >= 4 is 93.1 Å². The van der Waals surface area contributed by atoms with Gasteiger partial charge in [-0.05, 0) is 148 Å². The lowest BCUT2D eigenvalue weighted by Gasteiger charge is -2.43. The van der Waals surface area contributed by atoms with Crippen molar-refractivity contribution in [1.82, 2.24) is 74.9 Å². The van der Waals surface area contributed by atoms with Gasteiger partial charge in [-0.25, -0.2) is 44.2 Å². The molecule has 39 nitrogen and oxygen atoms in total. The van der Waals surface area contributed by atoms with Crippen molar-refractivity contribution < 1.29 is 96.0 Å². The van der Waals surface area contributed by atoms with Crippen LogP contribution in [-0.4, -0.2) is 314 Å². The molecule has 11 heterocycles. The van der Waals surface area contributed by atoms with Crippen LogP contribution in [0.25, 0.3) is 33.4 Å². The molecule has 6 aliphatic heterocycles. The summed E-state index contributed by atoms with van der Waals surface area (Å²) in [6.07, 6.45) is 17.7. The molecule has 39 heteroatoms. The fraction of sp³-hybridized carbons (Fsp3) is 0.588. The number of aliphatic hydroxyl groups excluding tert-OH is 2. The van der Waals surface area contributed by atoms with Gasteiger partial charge in [0, 0.05) is 179 Å². The van der Waals surface area contributed by atoms with E-state index in [1.165, 1.54) is 30.7 Å². The van der Waals surface area contributed by atoms with Gasteiger partial charge in [0.15, 0.2) is 17.0 Å². The Bertz CT molecular complexity index is 5580. The molecule has 9 N–H and O–H groups in total. The standard InChI is InChI=1S/C102H139N19O20/c1-62-16-12-11-13-17-63(2)81(133-8)52-76-24-19-68(7)102(132,141-76)92(127)96(129)120-31-15-14-18-78(120)97(130)138-83(53-82(134-9)64(3)47-67(6)90(125)91(126)89(124)66(5)46-62)65(4)48-69-21-25-80(84(50-69)135-10)140-101(131)110-56-71-54-106-99(107-55-71)118-39-37-116(38-40-118)85(122)28-43-137-45-41-115-33-35-117(36-34-115)100-108-57-75(58-109-100)95(128)105-30-44-136-42-29-86(123)119-32-27-72-49-70(20-22-74(72)60-119)59-121-94-87(93(103)111-61-112-94)88(114-121)73-23-26-79-77(51-73)113-98(104)139-79/h11-13,16-17,20,22-23,26,47,49,51,54-55,57-58,61-62,64-66,68-69,76,78,80-84,90-91,125-126,132H,14-15,18-19,21,24-25,27-46,48,50,52-53,56,59-60H2,1-10H3,(H2,104,113)(H,105,128)(H,110,131)(H2,103,111,112)/b13-11?,16-12+,63-17?,67-47+/t62-,64-,65-,66-,68-,69+,76+,78+,80-,81+,82-,83+,84-,90-,91+,102-/m1/s1. The van der Waals surface area contributed by atoms with E-state index < -0.39 is 108 Å². The van der Waals surface area contributed by atoms with Gasteiger partial charge in [0.05, 0.1) is 81.2 Å². The van der Waals surface area contributed by atoms with Crippen molar-refractivity contribution in [3.63, 3.8) is 0 Å². The number of benzene rings is 2. The number of carbonyl (C=O) groups excluding carboxylic acids is 8. The quantitative estimate of drug-likeness (QED) is 0.0110. The van der Waals surface area contributed by atoms with Crippen LogP contribution in [0.4, 0.5) is 28.5 Å². The number of carbonyl (C=O) groups is 8. The average Bonchev–Trinajstić information content (AvgIpc) is 1.74. The highest BCUT2D eigenvalue weighted by molar-refractivity contribution is 6.39. The van der Waals surface area contributed by atoms with Crippen molar-refractivity contribution in [2.45, 2.75) is 225 Å². The number of cyclic esters (lactones) is 1. The number of alkyl carbamates (subject to hydrolysis) is 1. The summed E-state index contributed by atoms with van der Waals surface area (Å²) in [5.74, 6) is -7.04. The first-order valence-electron chi connectivity index (χ1n) is 49.6. The number of nitrogens with two attached hydrogens (primary N) is 2. The third-order valence-corrected chi connectivity index (χ3v) is 28.7.